The summed E-state index contributed by atoms with van der Waals surface area (Å²) in [5, 5.41) is 7.03. The molecule has 33 heavy (non-hydrogen) atoms. The van der Waals surface area contributed by atoms with E-state index in [4.69, 9.17) is 21.1 Å². The molecule has 4 rings (SSSR count). The molecule has 2 aliphatic rings. The molecule has 2 aliphatic heterocycles. The summed E-state index contributed by atoms with van der Waals surface area (Å²) in [6.45, 7) is 2.45. The summed E-state index contributed by atoms with van der Waals surface area (Å²) in [4.78, 5) is 14.8. The first-order valence-electron chi connectivity index (χ1n) is 10.8. The van der Waals surface area contributed by atoms with E-state index in [0.717, 1.165) is 23.9 Å². The number of piperidine rings is 1. The Morgan fingerprint density at radius 3 is 2.58 bits per heavy atom. The minimum Gasteiger partial charge on any atom is -0.493 e. The number of aromatic nitrogens is 2. The molecule has 11 heteroatoms. The third kappa shape index (κ3) is 4.32. The van der Waals surface area contributed by atoms with Crippen molar-refractivity contribution in [3.63, 3.8) is 0 Å². The molecule has 3 heterocycles. The minimum absolute atomic E-state index is 0.0157. The lowest BCUT2D eigenvalue weighted by Crippen LogP contribution is -2.42. The van der Waals surface area contributed by atoms with E-state index in [1.165, 1.54) is 14.2 Å². The molecule has 1 saturated heterocycles. The fourth-order valence-corrected chi connectivity index (χ4v) is 4.81. The number of hydrogen-bond donors (Lipinski definition) is 1. The van der Waals surface area contributed by atoms with Gasteiger partial charge in [0.2, 0.25) is 0 Å². The zero-order chi connectivity index (χ0) is 23.9. The number of fused-ring (bicyclic) bond motifs is 1. The normalized spacial score (nSPS) is 23.0. The van der Waals surface area contributed by atoms with Crippen LogP contribution >= 0.6 is 11.6 Å². The Kier molecular flexibility index (Phi) is 6.39. The Bertz CT molecular complexity index is 1040. The van der Waals surface area contributed by atoms with E-state index >= 15 is 0 Å². The number of rotatable bonds is 4. The second-order valence-corrected chi connectivity index (χ2v) is 8.78. The van der Waals surface area contributed by atoms with Gasteiger partial charge in [-0.05, 0) is 43.9 Å². The number of anilines is 1. The molecule has 180 valence electrons. The zero-order valence-electron chi connectivity index (χ0n) is 18.6. The van der Waals surface area contributed by atoms with E-state index in [2.05, 4.69) is 10.4 Å². The average molecular weight is 487 g/mol. The fourth-order valence-electron chi connectivity index (χ4n) is 4.55. The largest absolute Gasteiger partial charge is 0.493 e. The number of carbonyl (C=O) groups is 1. The molecule has 0 saturated carbocycles. The van der Waals surface area contributed by atoms with Crippen molar-refractivity contribution in [3.05, 3.63) is 34.5 Å². The van der Waals surface area contributed by atoms with Crippen LogP contribution in [0.5, 0.6) is 11.5 Å². The highest BCUT2D eigenvalue weighted by Gasteiger charge is 2.48. The molecule has 0 spiro atoms. The lowest BCUT2D eigenvalue weighted by Gasteiger charge is -2.33. The quantitative estimate of drug-likeness (QED) is 0.641. The molecular formula is C22H26ClF3N4O3. The summed E-state index contributed by atoms with van der Waals surface area (Å²) in [6.07, 6.45) is -2.23. The number of nitrogens with one attached hydrogen (secondary N) is 1. The number of methoxy groups -OCH3 is 2. The number of carbonyl (C=O) groups excluding carboxylic acids is 1. The van der Waals surface area contributed by atoms with Crippen molar-refractivity contribution < 1.29 is 27.4 Å². The second-order valence-electron chi connectivity index (χ2n) is 8.40. The maximum Gasteiger partial charge on any atom is 0.410 e. The van der Waals surface area contributed by atoms with E-state index < -0.39 is 24.2 Å². The first-order valence-corrected chi connectivity index (χ1v) is 11.2. The lowest BCUT2D eigenvalue weighted by molar-refractivity contribution is -0.173. The van der Waals surface area contributed by atoms with Gasteiger partial charge < -0.3 is 19.7 Å². The van der Waals surface area contributed by atoms with Crippen LogP contribution in [-0.4, -0.2) is 53.6 Å². The first-order chi connectivity index (χ1) is 15.7. The van der Waals surface area contributed by atoms with Gasteiger partial charge in [0, 0.05) is 19.0 Å². The summed E-state index contributed by atoms with van der Waals surface area (Å²) in [5.74, 6) is 0.411. The van der Waals surface area contributed by atoms with E-state index in [1.807, 2.05) is 6.92 Å². The van der Waals surface area contributed by atoms with Gasteiger partial charge >= 0.3 is 6.18 Å². The highest BCUT2D eigenvalue weighted by Crippen LogP contribution is 2.47. The molecule has 1 N–H and O–H groups in total. The topological polar surface area (TPSA) is 68.6 Å². The SMILES string of the molecule is COc1ccc([C@H]2C[C@H](C(F)(F)F)n3nc(C(=O)N4CCCC[C@H]4C)c(Cl)c3N2)cc1OC. The van der Waals surface area contributed by atoms with Crippen LogP contribution in [-0.2, 0) is 0 Å². The molecule has 0 aliphatic carbocycles. The van der Waals surface area contributed by atoms with Gasteiger partial charge in [0.25, 0.3) is 5.91 Å². The van der Waals surface area contributed by atoms with E-state index in [-0.39, 0.29) is 29.0 Å². The van der Waals surface area contributed by atoms with Crippen molar-refractivity contribution in [2.45, 2.75) is 56.9 Å². The van der Waals surface area contributed by atoms with Gasteiger partial charge in [0.15, 0.2) is 23.2 Å². The predicted octanol–water partition coefficient (Wildman–Crippen LogP) is 5.23. The number of ether oxygens (including phenoxy) is 2. The second kappa shape index (κ2) is 8.96. The first kappa shape index (κ1) is 23.5. The van der Waals surface area contributed by atoms with Gasteiger partial charge in [-0.3, -0.25) is 4.79 Å². The van der Waals surface area contributed by atoms with Gasteiger partial charge in [0.1, 0.15) is 10.8 Å². The van der Waals surface area contributed by atoms with Crippen molar-refractivity contribution >= 4 is 23.3 Å². The Morgan fingerprint density at radius 1 is 1.21 bits per heavy atom. The van der Waals surface area contributed by atoms with Crippen molar-refractivity contribution in [1.29, 1.82) is 0 Å². The van der Waals surface area contributed by atoms with Crippen LogP contribution in [0, 0.1) is 0 Å². The molecule has 1 aromatic carbocycles. The van der Waals surface area contributed by atoms with Gasteiger partial charge in [-0.15, -0.1) is 0 Å². The number of nitrogens with zero attached hydrogens (tertiary/aromatic N) is 3. The molecule has 1 aromatic heterocycles. The molecule has 2 aromatic rings. The average Bonchev–Trinajstić information content (AvgIpc) is 3.13. The number of hydrogen-bond acceptors (Lipinski definition) is 5. The molecule has 7 nitrogen and oxygen atoms in total. The van der Waals surface area contributed by atoms with Crippen LogP contribution in [0.4, 0.5) is 19.0 Å². The van der Waals surface area contributed by atoms with E-state index in [0.29, 0.717) is 23.6 Å². The molecule has 0 unspecified atom stereocenters. The molecule has 0 radical (unpaired) electrons. The number of halogens is 4. The molecule has 1 amide bonds. The summed E-state index contributed by atoms with van der Waals surface area (Å²) in [7, 11) is 2.94. The zero-order valence-corrected chi connectivity index (χ0v) is 19.3. The van der Waals surface area contributed by atoms with Gasteiger partial charge in [-0.25, -0.2) is 4.68 Å². The molecular weight excluding hydrogens is 461 g/mol. The van der Waals surface area contributed by atoms with E-state index in [9.17, 15) is 18.0 Å². The summed E-state index contributed by atoms with van der Waals surface area (Å²) < 4.78 is 53.5. The maximum absolute atomic E-state index is 14.1. The Labute approximate surface area is 194 Å². The van der Waals surface area contributed by atoms with Crippen LogP contribution in [0.1, 0.15) is 60.7 Å². The highest BCUT2D eigenvalue weighted by molar-refractivity contribution is 6.36. The molecule has 1 fully saturated rings. The third-order valence-electron chi connectivity index (χ3n) is 6.37. The third-order valence-corrected chi connectivity index (χ3v) is 6.73. The van der Waals surface area contributed by atoms with Gasteiger partial charge in [-0.2, -0.15) is 18.3 Å². The van der Waals surface area contributed by atoms with Crippen LogP contribution in [0.25, 0.3) is 0 Å². The fraction of sp³-hybridized carbons (Fsp3) is 0.545. The summed E-state index contributed by atoms with van der Waals surface area (Å²) in [6, 6.07) is 2.25. The Morgan fingerprint density at radius 2 is 1.94 bits per heavy atom. The maximum atomic E-state index is 14.1. The predicted molar refractivity (Wildman–Crippen MR) is 117 cm³/mol. The minimum atomic E-state index is -4.58. The Balaban J connectivity index is 1.73. The monoisotopic (exact) mass is 486 g/mol. The number of alkyl halides is 3. The summed E-state index contributed by atoms with van der Waals surface area (Å²) >= 11 is 6.47. The standard InChI is InChI=1S/C22H26ClF3N4O3/c1-12-6-4-5-9-29(12)21(31)19-18(23)20-27-14(11-17(22(24,25)26)30(20)28-19)13-7-8-15(32-2)16(10-13)33-3/h7-8,10,12,14,17,27H,4-6,9,11H2,1-3H3/t12-,14-,17-/m1/s1. The van der Waals surface area contributed by atoms with E-state index in [1.54, 1.807) is 23.1 Å². The Hall–Kier alpha value is -2.62. The van der Waals surface area contributed by atoms with Crippen molar-refractivity contribution in [1.82, 2.24) is 14.7 Å². The van der Waals surface area contributed by atoms with Crippen molar-refractivity contribution in [3.8, 4) is 11.5 Å². The highest BCUT2D eigenvalue weighted by atomic mass is 35.5. The molecule has 0 bridgehead atoms. The number of benzene rings is 1. The van der Waals surface area contributed by atoms with Crippen LogP contribution in [0.3, 0.4) is 0 Å². The van der Waals surface area contributed by atoms with Gasteiger partial charge in [0.05, 0.1) is 20.3 Å². The molecule has 3 atom stereocenters. The van der Waals surface area contributed by atoms with Crippen molar-refractivity contribution in [2.75, 3.05) is 26.1 Å². The number of likely N-dealkylation sites (tertiary alicyclic amines) is 1. The number of amides is 1. The van der Waals surface area contributed by atoms with Crippen molar-refractivity contribution in [2.24, 2.45) is 0 Å². The van der Waals surface area contributed by atoms with Crippen LogP contribution in [0.2, 0.25) is 5.02 Å². The van der Waals surface area contributed by atoms with Gasteiger partial charge in [-0.1, -0.05) is 17.7 Å². The smallest absolute Gasteiger partial charge is 0.410 e. The summed E-state index contributed by atoms with van der Waals surface area (Å²) in [5.41, 5.74) is 0.415. The van der Waals surface area contributed by atoms with Crippen LogP contribution < -0.4 is 14.8 Å². The van der Waals surface area contributed by atoms with Crippen LogP contribution in [0.15, 0.2) is 18.2 Å². The lowest BCUT2D eigenvalue weighted by atomic mass is 9.96.